The van der Waals surface area contributed by atoms with Gasteiger partial charge in [-0.25, -0.2) is 0 Å². The van der Waals surface area contributed by atoms with E-state index in [1.807, 2.05) is 38.1 Å². The molecule has 0 saturated carbocycles. The van der Waals surface area contributed by atoms with Crippen molar-refractivity contribution in [3.8, 4) is 0 Å². The molecule has 0 aliphatic carbocycles. The minimum absolute atomic E-state index is 0.0169. The van der Waals surface area contributed by atoms with Crippen LogP contribution < -0.4 is 15.5 Å². The van der Waals surface area contributed by atoms with Gasteiger partial charge in [0.1, 0.15) is 0 Å². The summed E-state index contributed by atoms with van der Waals surface area (Å²) in [7, 11) is 1.80. The number of benzene rings is 1. The Balaban J connectivity index is 1.96. The fraction of sp³-hybridized carbons (Fsp3) is 0.500. The quantitative estimate of drug-likeness (QED) is 0.865. The van der Waals surface area contributed by atoms with Crippen molar-refractivity contribution in [1.29, 1.82) is 0 Å². The first kappa shape index (κ1) is 15.5. The van der Waals surface area contributed by atoms with E-state index in [0.29, 0.717) is 19.4 Å². The summed E-state index contributed by atoms with van der Waals surface area (Å²) in [6.45, 7) is 4.45. The van der Waals surface area contributed by atoms with Gasteiger partial charge < -0.3 is 15.5 Å². The lowest BCUT2D eigenvalue weighted by Crippen LogP contribution is -2.39. The number of carbonyl (C=O) groups excluding carboxylic acids is 2. The summed E-state index contributed by atoms with van der Waals surface area (Å²) in [6.07, 6.45) is 0.847. The fourth-order valence-corrected chi connectivity index (χ4v) is 2.58. The molecule has 5 nitrogen and oxygen atoms in total. The maximum absolute atomic E-state index is 12.0. The van der Waals surface area contributed by atoms with Gasteiger partial charge in [0.2, 0.25) is 11.8 Å². The van der Waals surface area contributed by atoms with Crippen LogP contribution in [0.15, 0.2) is 24.3 Å². The number of anilines is 1. The van der Waals surface area contributed by atoms with Crippen molar-refractivity contribution in [2.75, 3.05) is 18.5 Å². The molecule has 0 spiro atoms. The molecule has 114 valence electrons. The first-order chi connectivity index (χ1) is 9.99. The van der Waals surface area contributed by atoms with Crippen molar-refractivity contribution in [1.82, 2.24) is 10.6 Å². The van der Waals surface area contributed by atoms with Gasteiger partial charge in [-0.1, -0.05) is 18.2 Å². The highest BCUT2D eigenvalue weighted by molar-refractivity contribution is 5.96. The number of nitrogens with zero attached hydrogens (tertiary/aromatic N) is 1. The smallest absolute Gasteiger partial charge is 0.228 e. The number of carbonyl (C=O) groups is 2. The van der Waals surface area contributed by atoms with Gasteiger partial charge in [0, 0.05) is 44.2 Å². The normalized spacial score (nSPS) is 17.8. The summed E-state index contributed by atoms with van der Waals surface area (Å²) in [5.74, 6) is 0.128. The highest BCUT2D eigenvalue weighted by Gasteiger charge is 2.28. The number of amides is 2. The van der Waals surface area contributed by atoms with E-state index in [1.165, 1.54) is 0 Å². The number of hydrogen-bond acceptors (Lipinski definition) is 3. The monoisotopic (exact) mass is 289 g/mol. The molecule has 1 atom stereocenters. The van der Waals surface area contributed by atoms with E-state index in [4.69, 9.17) is 0 Å². The van der Waals surface area contributed by atoms with Gasteiger partial charge in [-0.3, -0.25) is 9.59 Å². The van der Waals surface area contributed by atoms with Crippen LogP contribution >= 0.6 is 0 Å². The predicted molar refractivity (Wildman–Crippen MR) is 83.1 cm³/mol. The SMILES string of the molecule is CC(C)NC(=O)CCNC1CC(=O)N(C)c2ccccc21. The van der Waals surface area contributed by atoms with Crippen LogP contribution in [0.25, 0.3) is 0 Å². The third-order valence-electron chi connectivity index (χ3n) is 3.62. The van der Waals surface area contributed by atoms with Gasteiger partial charge in [-0.15, -0.1) is 0 Å². The third kappa shape index (κ3) is 3.82. The number of hydrogen-bond donors (Lipinski definition) is 2. The summed E-state index contributed by atoms with van der Waals surface area (Å²) in [5, 5.41) is 6.19. The average Bonchev–Trinajstić information content (AvgIpc) is 2.43. The van der Waals surface area contributed by atoms with Crippen molar-refractivity contribution >= 4 is 17.5 Å². The second-order valence-electron chi connectivity index (χ2n) is 5.69. The van der Waals surface area contributed by atoms with Gasteiger partial charge in [0.15, 0.2) is 0 Å². The van der Waals surface area contributed by atoms with Crippen molar-refractivity contribution in [3.63, 3.8) is 0 Å². The third-order valence-corrected chi connectivity index (χ3v) is 3.62. The Bertz CT molecular complexity index is 528. The fourth-order valence-electron chi connectivity index (χ4n) is 2.58. The molecule has 1 aliphatic rings. The zero-order valence-electron chi connectivity index (χ0n) is 12.8. The average molecular weight is 289 g/mol. The molecule has 0 bridgehead atoms. The molecule has 2 rings (SSSR count). The summed E-state index contributed by atoms with van der Waals surface area (Å²) in [6, 6.07) is 8.03. The molecule has 1 aromatic rings. The van der Waals surface area contributed by atoms with E-state index in [0.717, 1.165) is 11.3 Å². The predicted octanol–water partition coefficient (Wildman–Crippen LogP) is 1.60. The largest absolute Gasteiger partial charge is 0.354 e. The molecule has 0 aromatic heterocycles. The first-order valence-corrected chi connectivity index (χ1v) is 7.37. The lowest BCUT2D eigenvalue weighted by atomic mass is 9.96. The van der Waals surface area contributed by atoms with E-state index >= 15 is 0 Å². The summed E-state index contributed by atoms with van der Waals surface area (Å²) in [4.78, 5) is 25.3. The number of rotatable bonds is 5. The molecule has 5 heteroatoms. The van der Waals surface area contributed by atoms with Gasteiger partial charge in [0.05, 0.1) is 0 Å². The number of fused-ring (bicyclic) bond motifs is 1. The second kappa shape index (κ2) is 6.72. The Morgan fingerprint density at radius 3 is 2.81 bits per heavy atom. The maximum atomic E-state index is 12.0. The van der Waals surface area contributed by atoms with Crippen LogP contribution in [-0.4, -0.2) is 31.4 Å². The van der Waals surface area contributed by atoms with E-state index in [9.17, 15) is 9.59 Å². The zero-order chi connectivity index (χ0) is 15.4. The van der Waals surface area contributed by atoms with Gasteiger partial charge in [0.25, 0.3) is 0 Å². The lowest BCUT2D eigenvalue weighted by Gasteiger charge is -2.32. The Kier molecular flexibility index (Phi) is 4.96. The van der Waals surface area contributed by atoms with E-state index < -0.39 is 0 Å². The molecular weight excluding hydrogens is 266 g/mol. The first-order valence-electron chi connectivity index (χ1n) is 7.37. The van der Waals surface area contributed by atoms with Crippen LogP contribution in [0.3, 0.4) is 0 Å². The summed E-state index contributed by atoms with van der Waals surface area (Å²) < 4.78 is 0. The van der Waals surface area contributed by atoms with Gasteiger partial charge in [-0.2, -0.15) is 0 Å². The van der Waals surface area contributed by atoms with Crippen molar-refractivity contribution in [2.24, 2.45) is 0 Å². The molecule has 21 heavy (non-hydrogen) atoms. The molecule has 0 saturated heterocycles. The molecule has 1 aliphatic heterocycles. The van der Waals surface area contributed by atoms with Crippen molar-refractivity contribution in [2.45, 2.75) is 38.8 Å². The van der Waals surface area contributed by atoms with Crippen LogP contribution in [0.5, 0.6) is 0 Å². The topological polar surface area (TPSA) is 61.4 Å². The molecule has 2 N–H and O–H groups in total. The molecular formula is C16H23N3O2. The van der Waals surface area contributed by atoms with Gasteiger partial charge >= 0.3 is 0 Å². The molecule has 1 aromatic carbocycles. The Morgan fingerprint density at radius 1 is 1.38 bits per heavy atom. The van der Waals surface area contributed by atoms with Gasteiger partial charge in [-0.05, 0) is 25.5 Å². The standard InChI is InChI=1S/C16H23N3O2/c1-11(2)18-15(20)8-9-17-13-10-16(21)19(3)14-7-5-4-6-12(13)14/h4-7,11,13,17H,8-10H2,1-3H3,(H,18,20). The summed E-state index contributed by atoms with van der Waals surface area (Å²) in [5.41, 5.74) is 2.06. The molecule has 1 heterocycles. The Hall–Kier alpha value is -1.88. The number of nitrogens with one attached hydrogen (secondary N) is 2. The van der Waals surface area contributed by atoms with Crippen molar-refractivity contribution in [3.05, 3.63) is 29.8 Å². The highest BCUT2D eigenvalue weighted by Crippen LogP contribution is 2.33. The minimum atomic E-state index is -0.0169. The second-order valence-corrected chi connectivity index (χ2v) is 5.69. The van der Waals surface area contributed by atoms with Crippen LogP contribution in [-0.2, 0) is 9.59 Å². The van der Waals surface area contributed by atoms with Crippen LogP contribution in [0.1, 0.15) is 38.3 Å². The van der Waals surface area contributed by atoms with Crippen LogP contribution in [0.2, 0.25) is 0 Å². The minimum Gasteiger partial charge on any atom is -0.354 e. The highest BCUT2D eigenvalue weighted by atomic mass is 16.2. The van der Waals surface area contributed by atoms with E-state index in [2.05, 4.69) is 10.6 Å². The van der Waals surface area contributed by atoms with Crippen LogP contribution in [0, 0.1) is 0 Å². The Labute approximate surface area is 125 Å². The molecule has 1 unspecified atom stereocenters. The lowest BCUT2D eigenvalue weighted by molar-refractivity contribution is -0.121. The molecule has 0 fully saturated rings. The zero-order valence-corrected chi connectivity index (χ0v) is 12.8. The maximum Gasteiger partial charge on any atom is 0.228 e. The summed E-state index contributed by atoms with van der Waals surface area (Å²) >= 11 is 0. The van der Waals surface area contributed by atoms with Crippen LogP contribution in [0.4, 0.5) is 5.69 Å². The Morgan fingerprint density at radius 2 is 2.10 bits per heavy atom. The van der Waals surface area contributed by atoms with E-state index in [-0.39, 0.29) is 23.9 Å². The number of para-hydroxylation sites is 1. The van der Waals surface area contributed by atoms with Crippen molar-refractivity contribution < 1.29 is 9.59 Å². The van der Waals surface area contributed by atoms with E-state index in [1.54, 1.807) is 11.9 Å². The molecule has 2 amide bonds. The molecule has 0 radical (unpaired) electrons.